The largest absolute Gasteiger partial charge is 0.326 e. The number of hydrogen-bond acceptors (Lipinski definition) is 1. The van der Waals surface area contributed by atoms with Gasteiger partial charge in [0.25, 0.3) is 0 Å². The van der Waals surface area contributed by atoms with E-state index in [1.807, 2.05) is 0 Å². The molecule has 0 unspecified atom stereocenters. The molecule has 0 bridgehead atoms. The zero-order valence-corrected chi connectivity index (χ0v) is 9.92. The molecule has 0 aliphatic rings. The fraction of sp³-hybridized carbons (Fsp3) is 0.900. The topological polar surface area (TPSA) is 17.1 Å². The van der Waals surface area contributed by atoms with Gasteiger partial charge in [0.15, 0.2) is 5.78 Å². The third kappa shape index (κ3) is 7.94. The quantitative estimate of drug-likeness (QED) is 0.569. The summed E-state index contributed by atoms with van der Waals surface area (Å²) in [5.41, 5.74) is 0. The highest BCUT2D eigenvalue weighted by atomic mass is 16.1. The number of likely N-dealkylation sites (N-methyl/N-ethyl adjacent to an activating group) is 2. The Morgan fingerprint density at radius 3 is 1.77 bits per heavy atom. The number of hydrogen-bond donors (Lipinski definition) is 0. The molecule has 0 spiro atoms. The van der Waals surface area contributed by atoms with E-state index in [1.165, 1.54) is 0 Å². The van der Waals surface area contributed by atoms with Gasteiger partial charge in [-0.2, -0.15) is 0 Å². The third-order valence-electron chi connectivity index (χ3n) is 2.03. The van der Waals surface area contributed by atoms with Crippen LogP contribution in [0.25, 0.3) is 0 Å². The summed E-state index contributed by atoms with van der Waals surface area (Å²) in [6.07, 6.45) is 0. The first kappa shape index (κ1) is 12.6. The molecule has 0 aliphatic heterocycles. The van der Waals surface area contributed by atoms with Gasteiger partial charge in [0, 0.05) is 6.92 Å². The van der Waals surface area contributed by atoms with Crippen LogP contribution < -0.4 is 0 Å². The monoisotopic (exact) mass is 188 g/mol. The van der Waals surface area contributed by atoms with Gasteiger partial charge >= 0.3 is 0 Å². The second-order valence-corrected chi connectivity index (χ2v) is 5.53. The molecule has 3 heteroatoms. The summed E-state index contributed by atoms with van der Waals surface area (Å²) in [4.78, 5) is 11.0. The van der Waals surface area contributed by atoms with Gasteiger partial charge < -0.3 is 8.97 Å². The highest BCUT2D eigenvalue weighted by molar-refractivity contribution is 5.76. The molecule has 13 heavy (non-hydrogen) atoms. The summed E-state index contributed by atoms with van der Waals surface area (Å²) in [5.74, 6) is 0.270. The molecule has 0 radical (unpaired) electrons. The number of nitrogens with zero attached hydrogens (tertiary/aromatic N) is 2. The number of ketones is 1. The molecule has 0 aromatic heterocycles. The van der Waals surface area contributed by atoms with Crippen molar-refractivity contribution in [3.63, 3.8) is 0 Å². The minimum Gasteiger partial charge on any atom is -0.326 e. The SMILES string of the molecule is CC(=O)C[N+](C)(C)CC[N+](C)(C)C. The first-order valence-corrected chi connectivity index (χ1v) is 4.74. The summed E-state index contributed by atoms with van der Waals surface area (Å²) >= 11 is 0. The number of quaternary nitrogens is 2. The summed E-state index contributed by atoms with van der Waals surface area (Å²) in [6.45, 7) is 4.44. The molecule has 3 nitrogen and oxygen atoms in total. The van der Waals surface area contributed by atoms with Crippen molar-refractivity contribution < 1.29 is 13.8 Å². The fourth-order valence-corrected chi connectivity index (χ4v) is 1.25. The van der Waals surface area contributed by atoms with E-state index in [1.54, 1.807) is 6.92 Å². The van der Waals surface area contributed by atoms with Crippen LogP contribution in [0.4, 0.5) is 0 Å². The van der Waals surface area contributed by atoms with Crippen molar-refractivity contribution in [3.8, 4) is 0 Å². The second kappa shape index (κ2) is 4.20. The average molecular weight is 188 g/mol. The van der Waals surface area contributed by atoms with Crippen molar-refractivity contribution in [1.29, 1.82) is 0 Å². The van der Waals surface area contributed by atoms with Crippen molar-refractivity contribution in [2.24, 2.45) is 0 Å². The molecule has 0 atom stereocenters. The van der Waals surface area contributed by atoms with E-state index >= 15 is 0 Å². The Morgan fingerprint density at radius 2 is 1.46 bits per heavy atom. The van der Waals surface area contributed by atoms with Crippen LogP contribution in [0.2, 0.25) is 0 Å². The van der Waals surface area contributed by atoms with E-state index in [0.29, 0.717) is 6.54 Å². The smallest absolute Gasteiger partial charge is 0.183 e. The van der Waals surface area contributed by atoms with Crippen molar-refractivity contribution >= 4 is 5.78 Å². The Labute approximate surface area is 82.1 Å². The molecule has 0 N–H and O–H groups in total. The average Bonchev–Trinajstić information content (AvgIpc) is 1.79. The van der Waals surface area contributed by atoms with Crippen molar-refractivity contribution in [1.82, 2.24) is 0 Å². The van der Waals surface area contributed by atoms with Crippen LogP contribution in [0.5, 0.6) is 0 Å². The van der Waals surface area contributed by atoms with Gasteiger partial charge in [0.2, 0.25) is 0 Å². The van der Waals surface area contributed by atoms with E-state index in [4.69, 9.17) is 0 Å². The maximum Gasteiger partial charge on any atom is 0.183 e. The summed E-state index contributed by atoms with van der Waals surface area (Å²) in [7, 11) is 10.7. The Hall–Kier alpha value is -0.410. The molecule has 0 amide bonds. The molecule has 0 aromatic carbocycles. The third-order valence-corrected chi connectivity index (χ3v) is 2.03. The zero-order valence-electron chi connectivity index (χ0n) is 9.92. The molecular weight excluding hydrogens is 164 g/mol. The minimum absolute atomic E-state index is 0.270. The standard InChI is InChI=1S/C10H24N2O/c1-10(13)9-12(5,6)8-7-11(2,3)4/h7-9H2,1-6H3/q+2. The van der Waals surface area contributed by atoms with Gasteiger partial charge in [-0.25, -0.2) is 0 Å². The Balaban J connectivity index is 3.96. The zero-order chi connectivity index (χ0) is 10.7. The minimum atomic E-state index is 0.270. The van der Waals surface area contributed by atoms with Crippen molar-refractivity contribution in [2.45, 2.75) is 6.92 Å². The maximum atomic E-state index is 11.0. The van der Waals surface area contributed by atoms with E-state index in [0.717, 1.165) is 22.1 Å². The lowest BCUT2D eigenvalue weighted by Gasteiger charge is -2.32. The van der Waals surface area contributed by atoms with Crippen LogP contribution in [0, 0.1) is 0 Å². The predicted octanol–water partition coefficient (Wildman–Crippen LogP) is 0.358. The van der Waals surface area contributed by atoms with Crippen LogP contribution in [-0.4, -0.2) is 69.6 Å². The molecule has 0 aliphatic carbocycles. The molecule has 0 fully saturated rings. The second-order valence-electron chi connectivity index (χ2n) is 5.53. The molecular formula is C10H24N2O+2. The van der Waals surface area contributed by atoms with Crippen LogP contribution in [0.1, 0.15) is 6.92 Å². The normalized spacial score (nSPS) is 13.1. The lowest BCUT2D eigenvalue weighted by atomic mass is 10.3. The van der Waals surface area contributed by atoms with Gasteiger partial charge in [-0.1, -0.05) is 0 Å². The highest BCUT2D eigenvalue weighted by Gasteiger charge is 2.21. The van der Waals surface area contributed by atoms with Crippen molar-refractivity contribution in [3.05, 3.63) is 0 Å². The van der Waals surface area contributed by atoms with E-state index in [9.17, 15) is 4.79 Å². The Morgan fingerprint density at radius 1 is 1.00 bits per heavy atom. The number of carbonyl (C=O) groups excluding carboxylic acids is 1. The lowest BCUT2D eigenvalue weighted by Crippen LogP contribution is -2.50. The first-order valence-electron chi connectivity index (χ1n) is 4.74. The van der Waals surface area contributed by atoms with Crippen LogP contribution in [-0.2, 0) is 4.79 Å². The molecule has 0 rings (SSSR count). The number of rotatable bonds is 5. The van der Waals surface area contributed by atoms with Gasteiger partial charge in [-0.15, -0.1) is 0 Å². The number of Topliss-reactive ketones (excluding diaryl/α,β-unsaturated/α-hetero) is 1. The van der Waals surface area contributed by atoms with Crippen LogP contribution >= 0.6 is 0 Å². The number of carbonyl (C=O) groups is 1. The van der Waals surface area contributed by atoms with E-state index in [-0.39, 0.29) is 5.78 Å². The fourth-order valence-electron chi connectivity index (χ4n) is 1.25. The molecule has 0 aromatic rings. The van der Waals surface area contributed by atoms with Gasteiger partial charge in [0.1, 0.15) is 19.6 Å². The molecule has 0 saturated heterocycles. The van der Waals surface area contributed by atoms with Gasteiger partial charge in [-0.05, 0) is 0 Å². The van der Waals surface area contributed by atoms with E-state index in [2.05, 4.69) is 35.2 Å². The van der Waals surface area contributed by atoms with E-state index < -0.39 is 0 Å². The summed E-state index contributed by atoms with van der Waals surface area (Å²) < 4.78 is 1.75. The van der Waals surface area contributed by atoms with Crippen molar-refractivity contribution in [2.75, 3.05) is 54.9 Å². The maximum absolute atomic E-state index is 11.0. The summed E-state index contributed by atoms with van der Waals surface area (Å²) in [6, 6.07) is 0. The van der Waals surface area contributed by atoms with Gasteiger partial charge in [-0.3, -0.25) is 4.79 Å². The highest BCUT2D eigenvalue weighted by Crippen LogP contribution is 2.00. The first-order chi connectivity index (χ1) is 5.62. The molecule has 0 heterocycles. The molecule has 78 valence electrons. The van der Waals surface area contributed by atoms with Gasteiger partial charge in [0.05, 0.1) is 35.2 Å². The Kier molecular flexibility index (Phi) is 4.07. The predicted molar refractivity (Wildman–Crippen MR) is 55.4 cm³/mol. The molecule has 0 saturated carbocycles. The van der Waals surface area contributed by atoms with Crippen LogP contribution in [0.3, 0.4) is 0 Å². The van der Waals surface area contributed by atoms with Crippen LogP contribution in [0.15, 0.2) is 0 Å². The Bertz CT molecular complexity index is 180. The summed E-state index contributed by atoms with van der Waals surface area (Å²) in [5, 5.41) is 0. The lowest BCUT2D eigenvalue weighted by molar-refractivity contribution is -0.933.